The van der Waals surface area contributed by atoms with Gasteiger partial charge in [-0.1, -0.05) is 6.07 Å². The first-order chi connectivity index (χ1) is 8.73. The minimum atomic E-state index is -3.31. The zero-order valence-corrected chi connectivity index (χ0v) is 12.1. The summed E-state index contributed by atoms with van der Waals surface area (Å²) in [6.07, 6.45) is 1.66. The number of rotatable bonds is 4. The van der Waals surface area contributed by atoms with Gasteiger partial charge in [0.25, 0.3) is 0 Å². The fourth-order valence-electron chi connectivity index (χ4n) is 2.03. The number of benzene rings is 1. The maximum absolute atomic E-state index is 11.4. The third-order valence-electron chi connectivity index (χ3n) is 2.77. The minimum Gasteiger partial charge on any atom is -0.381 e. The first kappa shape index (κ1) is 14.1. The van der Waals surface area contributed by atoms with Crippen molar-refractivity contribution in [3.05, 3.63) is 24.3 Å². The second-order valence-electron chi connectivity index (χ2n) is 4.70. The van der Waals surface area contributed by atoms with E-state index in [-0.39, 0.29) is 17.5 Å². The van der Waals surface area contributed by atoms with Crippen LogP contribution in [0.4, 0.5) is 11.4 Å². The minimum absolute atomic E-state index is 0.113. The number of hydrogen-bond donors (Lipinski definition) is 2. The molecule has 106 valence electrons. The van der Waals surface area contributed by atoms with Gasteiger partial charge in [0.05, 0.1) is 23.4 Å². The van der Waals surface area contributed by atoms with Gasteiger partial charge in [-0.3, -0.25) is 4.72 Å². The Hall–Kier alpha value is -1.28. The molecule has 1 aliphatic rings. The van der Waals surface area contributed by atoms with Gasteiger partial charge in [0.15, 0.2) is 9.84 Å². The molecule has 0 spiro atoms. The zero-order chi connectivity index (χ0) is 14.1. The molecule has 2 rings (SSSR count). The van der Waals surface area contributed by atoms with Crippen molar-refractivity contribution in [2.24, 2.45) is 0 Å². The number of hydrogen-bond acceptors (Lipinski definition) is 5. The van der Waals surface area contributed by atoms with Crippen LogP contribution in [0.3, 0.4) is 0 Å². The molecule has 0 radical (unpaired) electrons. The summed E-state index contributed by atoms with van der Waals surface area (Å²) < 4.78 is 47.3. The predicted molar refractivity (Wildman–Crippen MR) is 75.6 cm³/mol. The molecule has 1 unspecified atom stereocenters. The summed E-state index contributed by atoms with van der Waals surface area (Å²) in [5.41, 5.74) is 1.16. The normalized spacial score (nSPS) is 22.1. The highest BCUT2D eigenvalue weighted by Gasteiger charge is 2.27. The molecule has 1 atom stereocenters. The van der Waals surface area contributed by atoms with Crippen LogP contribution in [0.2, 0.25) is 0 Å². The highest BCUT2D eigenvalue weighted by atomic mass is 32.2. The fraction of sp³-hybridized carbons (Fsp3) is 0.455. The van der Waals surface area contributed by atoms with E-state index in [9.17, 15) is 16.8 Å². The Kier molecular flexibility index (Phi) is 3.73. The maximum Gasteiger partial charge on any atom is 0.229 e. The van der Waals surface area contributed by atoms with E-state index in [1.54, 1.807) is 24.3 Å². The van der Waals surface area contributed by atoms with Crippen molar-refractivity contribution < 1.29 is 16.8 Å². The van der Waals surface area contributed by atoms with Gasteiger partial charge >= 0.3 is 0 Å². The molecule has 0 aliphatic carbocycles. The van der Waals surface area contributed by atoms with Crippen LogP contribution in [0.1, 0.15) is 6.42 Å². The lowest BCUT2D eigenvalue weighted by Crippen LogP contribution is -2.20. The molecule has 0 saturated carbocycles. The van der Waals surface area contributed by atoms with Gasteiger partial charge in [-0.2, -0.15) is 0 Å². The Bertz CT molecular complexity index is 668. The number of sulfonamides is 1. The van der Waals surface area contributed by atoms with Gasteiger partial charge in [-0.05, 0) is 24.6 Å². The SMILES string of the molecule is CS(=O)(=O)Nc1cccc(NC2CCS(=O)(=O)C2)c1. The molecule has 1 aliphatic heterocycles. The van der Waals surface area contributed by atoms with Crippen LogP contribution in [0, 0.1) is 0 Å². The Labute approximate surface area is 113 Å². The molecule has 0 amide bonds. The summed E-state index contributed by atoms with van der Waals surface area (Å²) in [6, 6.07) is 6.65. The number of anilines is 2. The maximum atomic E-state index is 11.4. The first-order valence-corrected chi connectivity index (χ1v) is 9.50. The van der Waals surface area contributed by atoms with Crippen LogP contribution in [0.25, 0.3) is 0 Å². The lowest BCUT2D eigenvalue weighted by atomic mass is 10.2. The van der Waals surface area contributed by atoms with Crippen molar-refractivity contribution in [1.82, 2.24) is 0 Å². The van der Waals surface area contributed by atoms with Crippen LogP contribution in [0.15, 0.2) is 24.3 Å². The largest absolute Gasteiger partial charge is 0.381 e. The first-order valence-electron chi connectivity index (χ1n) is 5.78. The van der Waals surface area contributed by atoms with Crippen LogP contribution in [-0.4, -0.2) is 40.6 Å². The van der Waals surface area contributed by atoms with E-state index in [2.05, 4.69) is 10.0 Å². The van der Waals surface area contributed by atoms with E-state index in [0.717, 1.165) is 6.26 Å². The zero-order valence-electron chi connectivity index (χ0n) is 10.5. The van der Waals surface area contributed by atoms with Crippen LogP contribution in [-0.2, 0) is 19.9 Å². The summed E-state index contributed by atoms with van der Waals surface area (Å²) in [5.74, 6) is 0.322. The van der Waals surface area contributed by atoms with Gasteiger partial charge < -0.3 is 5.32 Å². The second kappa shape index (κ2) is 5.01. The number of sulfone groups is 1. The van der Waals surface area contributed by atoms with E-state index in [1.807, 2.05) is 0 Å². The van der Waals surface area contributed by atoms with E-state index >= 15 is 0 Å². The standard InChI is InChI=1S/C11H16N2O4S2/c1-18(14,15)13-10-4-2-3-9(7-10)12-11-5-6-19(16,17)8-11/h2-4,7,11-13H,5-6,8H2,1H3. The Morgan fingerprint density at radius 1 is 1.26 bits per heavy atom. The molecular weight excluding hydrogens is 288 g/mol. The lowest BCUT2D eigenvalue weighted by Gasteiger charge is -2.13. The molecular formula is C11H16N2O4S2. The van der Waals surface area contributed by atoms with Crippen molar-refractivity contribution in [3.8, 4) is 0 Å². The van der Waals surface area contributed by atoms with Gasteiger partial charge in [0.1, 0.15) is 0 Å². The summed E-state index contributed by atoms with van der Waals surface area (Å²) in [5, 5.41) is 3.11. The molecule has 1 aromatic carbocycles. The molecule has 0 aromatic heterocycles. The van der Waals surface area contributed by atoms with Gasteiger partial charge in [0.2, 0.25) is 10.0 Å². The third-order valence-corrected chi connectivity index (χ3v) is 5.14. The monoisotopic (exact) mass is 304 g/mol. The highest BCUT2D eigenvalue weighted by molar-refractivity contribution is 7.92. The average molecular weight is 304 g/mol. The molecule has 1 aromatic rings. The topological polar surface area (TPSA) is 92.3 Å². The summed E-state index contributed by atoms with van der Waals surface area (Å²) in [6.45, 7) is 0. The van der Waals surface area contributed by atoms with Gasteiger partial charge in [-0.25, -0.2) is 16.8 Å². The summed E-state index contributed by atoms with van der Waals surface area (Å²) in [7, 11) is -6.24. The predicted octanol–water partition coefficient (Wildman–Crippen LogP) is 0.657. The smallest absolute Gasteiger partial charge is 0.229 e. The Balaban J connectivity index is 2.08. The van der Waals surface area contributed by atoms with Crippen molar-refractivity contribution in [1.29, 1.82) is 0 Å². The van der Waals surface area contributed by atoms with Crippen LogP contribution in [0.5, 0.6) is 0 Å². The highest BCUT2D eigenvalue weighted by Crippen LogP contribution is 2.20. The summed E-state index contributed by atoms with van der Waals surface area (Å²) >= 11 is 0. The van der Waals surface area contributed by atoms with E-state index < -0.39 is 19.9 Å². The molecule has 19 heavy (non-hydrogen) atoms. The molecule has 0 bridgehead atoms. The molecule has 8 heteroatoms. The Morgan fingerprint density at radius 2 is 1.95 bits per heavy atom. The van der Waals surface area contributed by atoms with Gasteiger partial charge in [0, 0.05) is 11.7 Å². The third kappa shape index (κ3) is 4.39. The molecule has 2 N–H and O–H groups in total. The van der Waals surface area contributed by atoms with Crippen LogP contribution < -0.4 is 10.0 Å². The second-order valence-corrected chi connectivity index (χ2v) is 8.68. The van der Waals surface area contributed by atoms with Crippen LogP contribution >= 0.6 is 0 Å². The molecule has 6 nitrogen and oxygen atoms in total. The molecule has 1 heterocycles. The lowest BCUT2D eigenvalue weighted by molar-refractivity contribution is 0.601. The van der Waals surface area contributed by atoms with Crippen molar-refractivity contribution in [2.75, 3.05) is 27.8 Å². The molecule has 1 fully saturated rings. The fourth-order valence-corrected chi connectivity index (χ4v) is 4.26. The van der Waals surface area contributed by atoms with Gasteiger partial charge in [-0.15, -0.1) is 0 Å². The quantitative estimate of drug-likeness (QED) is 0.852. The van der Waals surface area contributed by atoms with E-state index in [0.29, 0.717) is 17.8 Å². The van der Waals surface area contributed by atoms with E-state index in [1.165, 1.54) is 0 Å². The summed E-state index contributed by atoms with van der Waals surface area (Å²) in [4.78, 5) is 0. The van der Waals surface area contributed by atoms with Crippen molar-refractivity contribution in [3.63, 3.8) is 0 Å². The van der Waals surface area contributed by atoms with E-state index in [4.69, 9.17) is 0 Å². The average Bonchev–Trinajstić information content (AvgIpc) is 2.56. The van der Waals surface area contributed by atoms with Crippen molar-refractivity contribution in [2.45, 2.75) is 12.5 Å². The number of nitrogens with one attached hydrogen (secondary N) is 2. The van der Waals surface area contributed by atoms with Crippen molar-refractivity contribution >= 4 is 31.2 Å². The Morgan fingerprint density at radius 3 is 2.53 bits per heavy atom. The molecule has 1 saturated heterocycles.